The largest absolute Gasteiger partial charge is 0.481 e. The third-order valence-electron chi connectivity index (χ3n) is 5.35. The van der Waals surface area contributed by atoms with Crippen LogP contribution in [0.5, 0.6) is 0 Å². The van der Waals surface area contributed by atoms with Gasteiger partial charge in [0.25, 0.3) is 0 Å². The van der Waals surface area contributed by atoms with Crippen LogP contribution in [0.1, 0.15) is 84.0 Å². The molecule has 0 aromatic carbocycles. The molecule has 0 aromatic rings. The molecular formula is C31H48N2O4S2. The Bertz CT molecular complexity index is 859. The average Bonchev–Trinajstić information content (AvgIpc) is 2.88. The molecule has 0 unspecified atom stereocenters. The van der Waals surface area contributed by atoms with Crippen LogP contribution in [-0.4, -0.2) is 40.1 Å². The molecule has 0 spiro atoms. The summed E-state index contributed by atoms with van der Waals surface area (Å²) in [7, 11) is 0. The predicted octanol–water partition coefficient (Wildman–Crippen LogP) is 6.90. The van der Waals surface area contributed by atoms with Crippen LogP contribution >= 0.6 is 25.3 Å². The van der Waals surface area contributed by atoms with Crippen molar-refractivity contribution < 1.29 is 19.5 Å². The maximum atomic E-state index is 12.0. The van der Waals surface area contributed by atoms with Crippen molar-refractivity contribution in [1.82, 2.24) is 10.6 Å². The maximum Gasteiger partial charge on any atom is 0.303 e. The van der Waals surface area contributed by atoms with Crippen molar-refractivity contribution in [3.8, 4) is 0 Å². The van der Waals surface area contributed by atoms with Crippen molar-refractivity contribution in [3.63, 3.8) is 0 Å². The lowest BCUT2D eigenvalue weighted by Gasteiger charge is -2.23. The minimum Gasteiger partial charge on any atom is -0.481 e. The van der Waals surface area contributed by atoms with E-state index in [1.54, 1.807) is 0 Å². The van der Waals surface area contributed by atoms with Crippen molar-refractivity contribution in [2.24, 2.45) is 0 Å². The van der Waals surface area contributed by atoms with Crippen LogP contribution < -0.4 is 10.6 Å². The first kappa shape index (κ1) is 36.5. The Hall–Kier alpha value is -2.45. The fourth-order valence-corrected chi connectivity index (χ4v) is 3.54. The first-order valence-corrected chi connectivity index (χ1v) is 14.8. The lowest BCUT2D eigenvalue weighted by molar-refractivity contribution is -0.137. The number of carbonyl (C=O) groups excluding carboxylic acids is 2. The van der Waals surface area contributed by atoms with Gasteiger partial charge in [-0.3, -0.25) is 14.4 Å². The Balaban J connectivity index is 3.78. The molecule has 39 heavy (non-hydrogen) atoms. The standard InChI is InChI=1S/C31H48N2O4S2/c1-2-3-4-5-6-7-8-9-10-11-12-13-14-15-16-17-18-19-20-22-28(34)32-26-25-31(38,39)27-33-29(35)23-21-24-30(36)37/h3-4,6-7,9-10,12-13,15-16,18-19,38-39H,2,5,8,11,14,17,20-27H2,1H3,(H,32,34)(H,33,35)(H,36,37)/b4-3-,7-6-,10-9-,13-12-,16-15-,19-18-. The number of carboxylic acids is 1. The summed E-state index contributed by atoms with van der Waals surface area (Å²) in [5.41, 5.74) is 0. The van der Waals surface area contributed by atoms with Gasteiger partial charge in [0.1, 0.15) is 0 Å². The molecule has 0 rings (SSSR count). The summed E-state index contributed by atoms with van der Waals surface area (Å²) in [4.78, 5) is 34.2. The molecule has 8 heteroatoms. The molecule has 3 N–H and O–H groups in total. The molecule has 0 saturated carbocycles. The van der Waals surface area contributed by atoms with Gasteiger partial charge in [0.15, 0.2) is 0 Å². The summed E-state index contributed by atoms with van der Waals surface area (Å²) in [5.74, 6) is -1.19. The monoisotopic (exact) mass is 576 g/mol. The molecule has 0 bridgehead atoms. The lowest BCUT2D eigenvalue weighted by Crippen LogP contribution is -2.38. The van der Waals surface area contributed by atoms with Crippen LogP contribution in [0, 0.1) is 0 Å². The van der Waals surface area contributed by atoms with Gasteiger partial charge in [-0.25, -0.2) is 0 Å². The number of rotatable bonds is 23. The van der Waals surface area contributed by atoms with Crippen LogP contribution in [0.25, 0.3) is 0 Å². The molecular weight excluding hydrogens is 528 g/mol. The number of carboxylic acid groups (broad SMARTS) is 1. The number of nitrogens with one attached hydrogen (secondary N) is 2. The first-order valence-electron chi connectivity index (χ1n) is 13.9. The predicted molar refractivity (Wildman–Crippen MR) is 170 cm³/mol. The Morgan fingerprint density at radius 1 is 0.667 bits per heavy atom. The normalized spacial score (nSPS) is 12.7. The summed E-state index contributed by atoms with van der Waals surface area (Å²) in [5, 5.41) is 14.2. The molecule has 0 heterocycles. The van der Waals surface area contributed by atoms with E-state index >= 15 is 0 Å². The lowest BCUT2D eigenvalue weighted by atomic mass is 10.2. The number of allylic oxidation sites excluding steroid dienone is 12. The van der Waals surface area contributed by atoms with Crippen LogP contribution in [0.15, 0.2) is 72.9 Å². The Morgan fingerprint density at radius 2 is 1.13 bits per heavy atom. The number of aliphatic carboxylic acids is 1. The summed E-state index contributed by atoms with van der Waals surface area (Å²) in [6.45, 7) is 2.77. The van der Waals surface area contributed by atoms with Gasteiger partial charge in [0, 0.05) is 32.4 Å². The second-order valence-corrected chi connectivity index (χ2v) is 11.1. The number of carbonyl (C=O) groups is 3. The summed E-state index contributed by atoms with van der Waals surface area (Å²) >= 11 is 8.88. The minimum atomic E-state index is -0.919. The SMILES string of the molecule is CC/C=C\C/C=C\C/C=C\C/C=C\C/C=C\C/C=C\CCC(=O)NCCC(S)(S)CNC(=O)CCCC(=O)O. The molecule has 0 radical (unpaired) electrons. The summed E-state index contributed by atoms with van der Waals surface area (Å²) in [6, 6.07) is 0. The highest BCUT2D eigenvalue weighted by Gasteiger charge is 2.21. The van der Waals surface area contributed by atoms with E-state index in [4.69, 9.17) is 5.11 Å². The second kappa shape index (κ2) is 25.8. The summed E-state index contributed by atoms with van der Waals surface area (Å²) < 4.78 is -0.767. The Kier molecular flexibility index (Phi) is 24.2. The molecule has 0 aliphatic heterocycles. The van der Waals surface area contributed by atoms with Crippen molar-refractivity contribution >= 4 is 43.0 Å². The summed E-state index contributed by atoms with van der Waals surface area (Å²) in [6.07, 6.45) is 33.6. The molecule has 6 nitrogen and oxygen atoms in total. The zero-order valence-corrected chi connectivity index (χ0v) is 25.2. The van der Waals surface area contributed by atoms with Crippen molar-refractivity contribution in [2.45, 2.75) is 88.1 Å². The van der Waals surface area contributed by atoms with Crippen molar-refractivity contribution in [3.05, 3.63) is 72.9 Å². The van der Waals surface area contributed by atoms with Gasteiger partial charge in [-0.05, 0) is 57.8 Å². The smallest absolute Gasteiger partial charge is 0.303 e. The number of hydrogen-bond donors (Lipinski definition) is 5. The van der Waals surface area contributed by atoms with Crippen LogP contribution in [0.4, 0.5) is 0 Å². The van der Waals surface area contributed by atoms with E-state index in [-0.39, 0.29) is 31.2 Å². The third-order valence-corrected chi connectivity index (χ3v) is 6.11. The minimum absolute atomic E-state index is 0.0368. The van der Waals surface area contributed by atoms with E-state index in [0.717, 1.165) is 38.5 Å². The highest BCUT2D eigenvalue weighted by molar-refractivity contribution is 8.00. The van der Waals surface area contributed by atoms with Crippen molar-refractivity contribution in [2.75, 3.05) is 13.1 Å². The molecule has 0 saturated heterocycles. The Morgan fingerprint density at radius 3 is 1.62 bits per heavy atom. The van der Waals surface area contributed by atoms with Gasteiger partial charge in [0.05, 0.1) is 4.08 Å². The third kappa shape index (κ3) is 28.4. The molecule has 2 amide bonds. The number of amides is 2. The fraction of sp³-hybridized carbons (Fsp3) is 0.516. The first-order chi connectivity index (χ1) is 18.8. The van der Waals surface area contributed by atoms with E-state index in [2.05, 4.69) is 110 Å². The molecule has 0 atom stereocenters. The molecule has 0 aliphatic rings. The molecule has 0 fully saturated rings. The van der Waals surface area contributed by atoms with Gasteiger partial charge >= 0.3 is 5.97 Å². The second-order valence-electron chi connectivity index (χ2n) is 9.06. The van der Waals surface area contributed by atoms with Gasteiger partial charge in [-0.1, -0.05) is 79.8 Å². The van der Waals surface area contributed by atoms with Gasteiger partial charge < -0.3 is 15.7 Å². The fourth-order valence-electron chi connectivity index (χ4n) is 3.16. The van der Waals surface area contributed by atoms with Crippen molar-refractivity contribution in [1.29, 1.82) is 0 Å². The highest BCUT2D eigenvalue weighted by atomic mass is 32.2. The molecule has 0 aliphatic carbocycles. The zero-order chi connectivity index (χ0) is 29.0. The van der Waals surface area contributed by atoms with Crippen LogP contribution in [-0.2, 0) is 14.4 Å². The van der Waals surface area contributed by atoms with Gasteiger partial charge in [-0.15, -0.1) is 0 Å². The van der Waals surface area contributed by atoms with E-state index in [1.165, 1.54) is 0 Å². The van der Waals surface area contributed by atoms with E-state index in [1.807, 2.05) is 6.08 Å². The Labute approximate surface area is 246 Å². The number of hydrogen-bond acceptors (Lipinski definition) is 5. The quantitative estimate of drug-likeness (QED) is 0.0520. The van der Waals surface area contributed by atoms with Gasteiger partial charge in [-0.2, -0.15) is 25.3 Å². The highest BCUT2D eigenvalue weighted by Crippen LogP contribution is 2.22. The van der Waals surface area contributed by atoms with Gasteiger partial charge in [0.2, 0.25) is 11.8 Å². The van der Waals surface area contributed by atoms with E-state index in [9.17, 15) is 14.4 Å². The average molecular weight is 577 g/mol. The zero-order valence-electron chi connectivity index (χ0n) is 23.4. The van der Waals surface area contributed by atoms with E-state index in [0.29, 0.717) is 32.2 Å². The van der Waals surface area contributed by atoms with Crippen LogP contribution in [0.2, 0.25) is 0 Å². The maximum absolute atomic E-state index is 12.0. The van der Waals surface area contributed by atoms with E-state index < -0.39 is 10.0 Å². The topological polar surface area (TPSA) is 95.5 Å². The molecule has 218 valence electrons. The van der Waals surface area contributed by atoms with Crippen LogP contribution in [0.3, 0.4) is 0 Å². The molecule has 0 aromatic heterocycles. The number of thiol groups is 2.